The summed E-state index contributed by atoms with van der Waals surface area (Å²) in [6.45, 7) is 0.315. The molecule has 0 unspecified atom stereocenters. The van der Waals surface area contributed by atoms with Crippen molar-refractivity contribution < 1.29 is 18.3 Å². The van der Waals surface area contributed by atoms with Crippen LogP contribution in [-0.4, -0.2) is 52.0 Å². The molecule has 0 aliphatic carbocycles. The van der Waals surface area contributed by atoms with Crippen LogP contribution in [0.4, 0.5) is 20.7 Å². The molecular formula is C24H18ClF2N11O2. The molecule has 16 heteroatoms. The van der Waals surface area contributed by atoms with Crippen molar-refractivity contribution in [1.82, 2.24) is 44.9 Å². The molecule has 0 aliphatic heterocycles. The molecule has 202 valence electrons. The van der Waals surface area contributed by atoms with E-state index in [2.05, 4.69) is 55.5 Å². The number of hydrogen-bond donors (Lipinski definition) is 4. The predicted octanol–water partition coefficient (Wildman–Crippen LogP) is 4.37. The van der Waals surface area contributed by atoms with Crippen LogP contribution in [-0.2, 0) is 13.1 Å². The van der Waals surface area contributed by atoms with E-state index in [0.29, 0.717) is 34.2 Å². The van der Waals surface area contributed by atoms with E-state index in [0.717, 1.165) is 0 Å². The number of ether oxygens (including phenoxy) is 2. The molecule has 6 aromatic rings. The molecule has 13 nitrogen and oxygen atoms in total. The van der Waals surface area contributed by atoms with Crippen LogP contribution in [0.2, 0.25) is 5.02 Å². The highest BCUT2D eigenvalue weighted by Crippen LogP contribution is 2.31. The Kier molecular flexibility index (Phi) is 6.61. The van der Waals surface area contributed by atoms with Crippen molar-refractivity contribution in [3.63, 3.8) is 0 Å². The average Bonchev–Trinajstić information content (AvgIpc) is 3.54. The zero-order chi connectivity index (χ0) is 27.6. The third-order valence-electron chi connectivity index (χ3n) is 5.51. The number of anilines is 2. The number of fused-ring (bicyclic) bond motifs is 2. The molecule has 0 aliphatic rings. The lowest BCUT2D eigenvalue weighted by molar-refractivity contribution is 0.410. The van der Waals surface area contributed by atoms with E-state index in [1.807, 2.05) is 0 Å². The number of hydrogen-bond acceptors (Lipinski definition) is 11. The maximum atomic E-state index is 13.4. The topological polar surface area (TPSA) is 164 Å². The van der Waals surface area contributed by atoms with E-state index < -0.39 is 11.9 Å². The second-order valence-corrected chi connectivity index (χ2v) is 8.66. The third-order valence-corrected chi connectivity index (χ3v) is 5.80. The molecule has 0 fully saturated rings. The lowest BCUT2D eigenvalue weighted by Crippen LogP contribution is -2.11. The first-order valence-corrected chi connectivity index (χ1v) is 12.1. The zero-order valence-electron chi connectivity index (χ0n) is 20.5. The average molecular weight is 566 g/mol. The molecule has 0 atom stereocenters. The van der Waals surface area contributed by atoms with Crippen LogP contribution in [0.15, 0.2) is 42.5 Å². The maximum absolute atomic E-state index is 13.4. The molecule has 1 aromatic carbocycles. The maximum Gasteiger partial charge on any atom is 0.328 e. The number of aromatic amines is 2. The molecule has 5 heterocycles. The van der Waals surface area contributed by atoms with E-state index in [-0.39, 0.29) is 47.3 Å². The van der Waals surface area contributed by atoms with Gasteiger partial charge in [0.2, 0.25) is 23.8 Å². The fraction of sp³-hybridized carbons (Fsp3) is 0.125. The fourth-order valence-electron chi connectivity index (χ4n) is 3.68. The van der Waals surface area contributed by atoms with Gasteiger partial charge in [-0.25, -0.2) is 9.97 Å². The summed E-state index contributed by atoms with van der Waals surface area (Å²) in [6, 6.07) is 10.4. The molecule has 0 spiro atoms. The van der Waals surface area contributed by atoms with Crippen molar-refractivity contribution in [1.29, 1.82) is 0 Å². The minimum Gasteiger partial charge on any atom is -0.497 e. The summed E-state index contributed by atoms with van der Waals surface area (Å²) in [6.07, 6.45) is 0. The minimum absolute atomic E-state index is 0.0613. The van der Waals surface area contributed by atoms with Gasteiger partial charge in [0, 0.05) is 6.07 Å². The van der Waals surface area contributed by atoms with E-state index in [1.165, 1.54) is 19.2 Å². The smallest absolute Gasteiger partial charge is 0.328 e. The Morgan fingerprint density at radius 3 is 1.85 bits per heavy atom. The number of pyridine rings is 2. The van der Waals surface area contributed by atoms with Crippen LogP contribution in [0.25, 0.3) is 22.3 Å². The molecule has 0 saturated heterocycles. The first kappa shape index (κ1) is 25.1. The molecule has 0 radical (unpaired) electrons. The van der Waals surface area contributed by atoms with Crippen LogP contribution < -0.4 is 20.1 Å². The Hall–Kier alpha value is -5.18. The summed E-state index contributed by atoms with van der Waals surface area (Å²) in [5, 5.41) is 6.36. The van der Waals surface area contributed by atoms with Crippen LogP contribution >= 0.6 is 11.6 Å². The van der Waals surface area contributed by atoms with E-state index in [9.17, 15) is 8.78 Å². The zero-order valence-corrected chi connectivity index (χ0v) is 21.3. The Balaban J connectivity index is 1.25. The number of benzene rings is 1. The lowest BCUT2D eigenvalue weighted by Gasteiger charge is -2.11. The van der Waals surface area contributed by atoms with Gasteiger partial charge in [-0.2, -0.15) is 33.7 Å². The number of nitrogens with one attached hydrogen (secondary N) is 4. The van der Waals surface area contributed by atoms with Crippen molar-refractivity contribution >= 4 is 45.8 Å². The van der Waals surface area contributed by atoms with Gasteiger partial charge in [0.15, 0.2) is 11.3 Å². The van der Waals surface area contributed by atoms with Crippen molar-refractivity contribution in [2.24, 2.45) is 0 Å². The lowest BCUT2D eigenvalue weighted by atomic mass is 10.3. The number of H-pyrrole nitrogens is 2. The number of rotatable bonds is 9. The Morgan fingerprint density at radius 1 is 0.750 bits per heavy atom. The molecule has 0 bridgehead atoms. The van der Waals surface area contributed by atoms with Gasteiger partial charge < -0.3 is 30.1 Å². The van der Waals surface area contributed by atoms with Gasteiger partial charge in [-0.05, 0) is 36.4 Å². The van der Waals surface area contributed by atoms with Crippen molar-refractivity contribution in [3.8, 4) is 17.5 Å². The molecule has 4 N–H and O–H groups in total. The number of nitrogens with zero attached hydrogens (tertiary/aromatic N) is 7. The second-order valence-electron chi connectivity index (χ2n) is 8.25. The first-order chi connectivity index (χ1) is 19.4. The summed E-state index contributed by atoms with van der Waals surface area (Å²) in [4.78, 5) is 35.2. The second kappa shape index (κ2) is 10.5. The van der Waals surface area contributed by atoms with Gasteiger partial charge in [0.05, 0.1) is 36.3 Å². The summed E-state index contributed by atoms with van der Waals surface area (Å²) >= 11 is 6.32. The highest BCUT2D eigenvalue weighted by Gasteiger charge is 2.14. The Bertz CT molecular complexity index is 1740. The number of methoxy groups -OCH3 is 1. The number of aromatic nitrogens is 9. The van der Waals surface area contributed by atoms with E-state index in [4.69, 9.17) is 21.1 Å². The summed E-state index contributed by atoms with van der Waals surface area (Å²) in [7, 11) is 1.52. The van der Waals surface area contributed by atoms with Gasteiger partial charge in [-0.3, -0.25) is 0 Å². The Labute approximate surface area is 228 Å². The molecule has 0 amide bonds. The van der Waals surface area contributed by atoms with E-state index in [1.54, 1.807) is 30.3 Å². The predicted molar refractivity (Wildman–Crippen MR) is 140 cm³/mol. The monoisotopic (exact) mass is 565 g/mol. The highest BCUT2D eigenvalue weighted by molar-refractivity contribution is 6.32. The van der Waals surface area contributed by atoms with Gasteiger partial charge in [0.25, 0.3) is 0 Å². The van der Waals surface area contributed by atoms with Gasteiger partial charge in [0.1, 0.15) is 23.1 Å². The van der Waals surface area contributed by atoms with Crippen molar-refractivity contribution in [2.45, 2.75) is 13.1 Å². The molecule has 0 saturated carbocycles. The molecule has 6 rings (SSSR count). The SMILES string of the molecule is COc1ccc(Oc2nc(NCc3nc4nc(F)ccc4[nH]3)nc(NCc3nc4nc(F)ccc4[nH]3)n2)c(Cl)c1. The molecule has 5 aromatic heterocycles. The van der Waals surface area contributed by atoms with Crippen LogP contribution in [0, 0.1) is 11.9 Å². The van der Waals surface area contributed by atoms with Crippen LogP contribution in [0.1, 0.15) is 11.6 Å². The van der Waals surface area contributed by atoms with Crippen molar-refractivity contribution in [3.05, 3.63) is 71.0 Å². The number of halogens is 3. The van der Waals surface area contributed by atoms with Crippen LogP contribution in [0.5, 0.6) is 17.5 Å². The van der Waals surface area contributed by atoms with Gasteiger partial charge >= 0.3 is 6.01 Å². The normalized spacial score (nSPS) is 11.2. The summed E-state index contributed by atoms with van der Waals surface area (Å²) < 4.78 is 37.9. The largest absolute Gasteiger partial charge is 0.497 e. The highest BCUT2D eigenvalue weighted by atomic mass is 35.5. The first-order valence-electron chi connectivity index (χ1n) is 11.7. The Morgan fingerprint density at radius 2 is 1.32 bits per heavy atom. The van der Waals surface area contributed by atoms with Gasteiger partial charge in [-0.1, -0.05) is 11.6 Å². The summed E-state index contributed by atoms with van der Waals surface area (Å²) in [5.41, 5.74) is 1.64. The third kappa shape index (κ3) is 5.49. The molecule has 40 heavy (non-hydrogen) atoms. The standard InChI is InChI=1S/C24H18ClF2N11O2/c1-39-11-2-5-15(12(25)8-11)40-24-37-22(28-9-18-30-13-3-6-16(26)32-20(13)34-18)36-23(38-24)29-10-19-31-14-4-7-17(27)33-21(14)35-19/h2-8H,9-10H2,1H3,(H,30,32,34)(H,31,33,35)(H2,28,29,36,37,38). The summed E-state index contributed by atoms with van der Waals surface area (Å²) in [5.74, 6) is 0.832. The quantitative estimate of drug-likeness (QED) is 0.184. The fourth-order valence-corrected chi connectivity index (χ4v) is 3.89. The van der Waals surface area contributed by atoms with Crippen molar-refractivity contribution in [2.75, 3.05) is 17.7 Å². The van der Waals surface area contributed by atoms with Gasteiger partial charge in [-0.15, -0.1) is 0 Å². The van der Waals surface area contributed by atoms with Crippen LogP contribution in [0.3, 0.4) is 0 Å². The molecular weight excluding hydrogens is 548 g/mol. The minimum atomic E-state index is -0.629. The van der Waals surface area contributed by atoms with E-state index >= 15 is 0 Å². The number of imidazole rings is 2.